The summed E-state index contributed by atoms with van der Waals surface area (Å²) in [5.74, 6) is -1.37. The Balaban J connectivity index is 1.83. The highest BCUT2D eigenvalue weighted by molar-refractivity contribution is 5.87. The molecule has 0 fully saturated rings. The van der Waals surface area contributed by atoms with Crippen LogP contribution < -0.4 is 0 Å². The minimum atomic E-state index is -0.555. The largest absolute Gasteiger partial charge is 0.341 e. The first kappa shape index (κ1) is 17.2. The summed E-state index contributed by atoms with van der Waals surface area (Å²) in [6.07, 6.45) is 1.38. The molecule has 2 heterocycles. The van der Waals surface area contributed by atoms with Crippen LogP contribution in [0.15, 0.2) is 36.4 Å². The third-order valence-electron chi connectivity index (χ3n) is 5.52. The summed E-state index contributed by atoms with van der Waals surface area (Å²) in [4.78, 5) is 2.20. The summed E-state index contributed by atoms with van der Waals surface area (Å²) in [6.45, 7) is 3.47. The Hall–Kier alpha value is -2.27. The molecule has 4 rings (SSSR count). The molecule has 5 heteroatoms. The summed E-state index contributed by atoms with van der Waals surface area (Å²) in [7, 11) is 2.03. The quantitative estimate of drug-likeness (QED) is 0.650. The van der Waals surface area contributed by atoms with Crippen molar-refractivity contribution >= 4 is 10.9 Å². The van der Waals surface area contributed by atoms with Gasteiger partial charge in [0.2, 0.25) is 0 Å². The molecule has 136 valence electrons. The number of hydrogen-bond acceptors (Lipinski definition) is 1. The molecule has 0 bridgehead atoms. The van der Waals surface area contributed by atoms with Gasteiger partial charge in [-0.25, -0.2) is 13.2 Å². The zero-order chi connectivity index (χ0) is 18.4. The SMILES string of the molecule is CC1c2c(n(CCc3cccc(F)c3)c3c(F)cc(F)cc23)CCN1C. The molecule has 1 aliphatic rings. The summed E-state index contributed by atoms with van der Waals surface area (Å²) in [5, 5.41) is 0.649. The van der Waals surface area contributed by atoms with Crippen molar-refractivity contribution in [3.63, 3.8) is 0 Å². The van der Waals surface area contributed by atoms with Gasteiger partial charge in [-0.05, 0) is 49.7 Å². The van der Waals surface area contributed by atoms with Gasteiger partial charge in [-0.1, -0.05) is 12.1 Å². The lowest BCUT2D eigenvalue weighted by Gasteiger charge is -2.31. The van der Waals surface area contributed by atoms with E-state index in [1.807, 2.05) is 17.7 Å². The van der Waals surface area contributed by atoms with Crippen LogP contribution in [0.4, 0.5) is 13.2 Å². The number of hydrogen-bond donors (Lipinski definition) is 0. The number of aryl methyl sites for hydroxylation is 2. The van der Waals surface area contributed by atoms with E-state index in [1.54, 1.807) is 6.07 Å². The van der Waals surface area contributed by atoms with Crippen LogP contribution >= 0.6 is 0 Å². The Morgan fingerprint density at radius 1 is 1.08 bits per heavy atom. The molecular formula is C21H21F3N2. The second kappa shape index (κ2) is 6.47. The molecule has 0 radical (unpaired) electrons. The highest BCUT2D eigenvalue weighted by Gasteiger charge is 2.29. The molecule has 0 aliphatic carbocycles. The molecule has 0 spiro atoms. The summed E-state index contributed by atoms with van der Waals surface area (Å²) >= 11 is 0. The van der Waals surface area contributed by atoms with Crippen LogP contribution in [-0.4, -0.2) is 23.1 Å². The van der Waals surface area contributed by atoms with Crippen molar-refractivity contribution in [2.45, 2.75) is 32.4 Å². The van der Waals surface area contributed by atoms with Gasteiger partial charge in [0.25, 0.3) is 0 Å². The van der Waals surface area contributed by atoms with Crippen molar-refractivity contribution in [1.29, 1.82) is 0 Å². The molecule has 1 atom stereocenters. The highest BCUT2D eigenvalue weighted by atomic mass is 19.1. The minimum absolute atomic E-state index is 0.0952. The lowest BCUT2D eigenvalue weighted by molar-refractivity contribution is 0.245. The third kappa shape index (κ3) is 2.80. The zero-order valence-electron chi connectivity index (χ0n) is 14.9. The second-order valence-corrected chi connectivity index (χ2v) is 7.08. The van der Waals surface area contributed by atoms with E-state index in [-0.39, 0.29) is 11.9 Å². The number of likely N-dealkylation sites (N-methyl/N-ethyl adjacent to an activating group) is 1. The van der Waals surface area contributed by atoms with E-state index >= 15 is 0 Å². The monoisotopic (exact) mass is 358 g/mol. The molecule has 0 saturated carbocycles. The molecule has 1 unspecified atom stereocenters. The molecule has 1 aliphatic heterocycles. The van der Waals surface area contributed by atoms with Gasteiger partial charge in [-0.3, -0.25) is 4.90 Å². The van der Waals surface area contributed by atoms with Crippen molar-refractivity contribution in [3.05, 3.63) is 70.7 Å². The summed E-state index contributed by atoms with van der Waals surface area (Å²) in [5.41, 5.74) is 3.39. The molecule has 0 amide bonds. The molecule has 2 nitrogen and oxygen atoms in total. The smallest absolute Gasteiger partial charge is 0.150 e. The standard InChI is InChI=1S/C21H21F3N2/c1-13-20-17-11-16(23)12-18(24)21(17)26(19(20)7-8-25(13)2)9-6-14-4-3-5-15(22)10-14/h3-5,10-13H,6-9H2,1-2H3. The number of rotatable bonds is 3. The first-order valence-electron chi connectivity index (χ1n) is 8.90. The Morgan fingerprint density at radius 2 is 1.88 bits per heavy atom. The maximum absolute atomic E-state index is 14.7. The van der Waals surface area contributed by atoms with Crippen molar-refractivity contribution in [3.8, 4) is 0 Å². The van der Waals surface area contributed by atoms with Gasteiger partial charge in [-0.15, -0.1) is 0 Å². The van der Waals surface area contributed by atoms with E-state index in [9.17, 15) is 13.2 Å². The van der Waals surface area contributed by atoms with Crippen LogP contribution in [-0.2, 0) is 19.4 Å². The van der Waals surface area contributed by atoms with Crippen LogP contribution in [0.1, 0.15) is 29.8 Å². The van der Waals surface area contributed by atoms with Crippen molar-refractivity contribution in [1.82, 2.24) is 9.47 Å². The van der Waals surface area contributed by atoms with Gasteiger partial charge in [-0.2, -0.15) is 0 Å². The fraction of sp³-hybridized carbons (Fsp3) is 0.333. The van der Waals surface area contributed by atoms with Gasteiger partial charge in [0.05, 0.1) is 5.52 Å². The fourth-order valence-electron chi connectivity index (χ4n) is 4.09. The van der Waals surface area contributed by atoms with Crippen LogP contribution in [0, 0.1) is 17.5 Å². The first-order valence-corrected chi connectivity index (χ1v) is 8.90. The minimum Gasteiger partial charge on any atom is -0.341 e. The summed E-state index contributed by atoms with van der Waals surface area (Å²) in [6, 6.07) is 8.94. The van der Waals surface area contributed by atoms with E-state index < -0.39 is 11.6 Å². The Bertz CT molecular complexity index is 977. The van der Waals surface area contributed by atoms with Crippen molar-refractivity contribution < 1.29 is 13.2 Å². The topological polar surface area (TPSA) is 8.17 Å². The van der Waals surface area contributed by atoms with Gasteiger partial charge in [0.1, 0.15) is 17.5 Å². The molecular weight excluding hydrogens is 337 g/mol. The molecule has 3 aromatic rings. The van der Waals surface area contributed by atoms with Gasteiger partial charge in [0, 0.05) is 42.7 Å². The first-order chi connectivity index (χ1) is 12.5. The number of nitrogens with zero attached hydrogens (tertiary/aromatic N) is 2. The maximum atomic E-state index is 14.7. The number of aromatic nitrogens is 1. The van der Waals surface area contributed by atoms with Crippen molar-refractivity contribution in [2.75, 3.05) is 13.6 Å². The molecule has 0 N–H and O–H groups in total. The zero-order valence-corrected chi connectivity index (χ0v) is 14.9. The molecule has 26 heavy (non-hydrogen) atoms. The van der Waals surface area contributed by atoms with Crippen LogP contribution in [0.2, 0.25) is 0 Å². The second-order valence-electron chi connectivity index (χ2n) is 7.08. The van der Waals surface area contributed by atoms with Crippen molar-refractivity contribution in [2.24, 2.45) is 0 Å². The van der Waals surface area contributed by atoms with Crippen LogP contribution in [0.25, 0.3) is 10.9 Å². The van der Waals surface area contributed by atoms with E-state index in [1.165, 1.54) is 18.2 Å². The number of halogens is 3. The Morgan fingerprint density at radius 3 is 2.65 bits per heavy atom. The normalized spacial score (nSPS) is 17.7. The fourth-order valence-corrected chi connectivity index (χ4v) is 4.09. The third-order valence-corrected chi connectivity index (χ3v) is 5.52. The van der Waals surface area contributed by atoms with E-state index in [4.69, 9.17) is 0 Å². The maximum Gasteiger partial charge on any atom is 0.150 e. The predicted molar refractivity (Wildman–Crippen MR) is 96.7 cm³/mol. The van der Waals surface area contributed by atoms with Crippen LogP contribution in [0.3, 0.4) is 0 Å². The van der Waals surface area contributed by atoms with E-state index in [0.29, 0.717) is 23.9 Å². The summed E-state index contributed by atoms with van der Waals surface area (Å²) < 4.78 is 44.0. The van der Waals surface area contributed by atoms with Gasteiger partial charge < -0.3 is 4.57 Å². The predicted octanol–water partition coefficient (Wildman–Crippen LogP) is 4.85. The number of benzene rings is 2. The molecule has 0 saturated heterocycles. The number of fused-ring (bicyclic) bond motifs is 3. The van der Waals surface area contributed by atoms with E-state index in [0.717, 1.165) is 35.9 Å². The average molecular weight is 358 g/mol. The lowest BCUT2D eigenvalue weighted by atomic mass is 9.97. The highest BCUT2D eigenvalue weighted by Crippen LogP contribution is 2.38. The van der Waals surface area contributed by atoms with Gasteiger partial charge >= 0.3 is 0 Å². The average Bonchev–Trinajstić information content (AvgIpc) is 2.90. The lowest BCUT2D eigenvalue weighted by Crippen LogP contribution is -2.31. The molecule has 1 aromatic heterocycles. The van der Waals surface area contributed by atoms with Crippen LogP contribution in [0.5, 0.6) is 0 Å². The Labute approximate surface area is 150 Å². The van der Waals surface area contributed by atoms with E-state index in [2.05, 4.69) is 11.8 Å². The molecule has 2 aromatic carbocycles. The van der Waals surface area contributed by atoms with Gasteiger partial charge in [0.15, 0.2) is 0 Å². The Kier molecular flexibility index (Phi) is 4.27.